The van der Waals surface area contributed by atoms with Crippen LogP contribution in [0.5, 0.6) is 0 Å². The van der Waals surface area contributed by atoms with Gasteiger partial charge in [-0.05, 0) is 34.8 Å². The Morgan fingerprint density at radius 1 is 1.40 bits per heavy atom. The van der Waals surface area contributed by atoms with Gasteiger partial charge in [-0.3, -0.25) is 4.98 Å². The van der Waals surface area contributed by atoms with Crippen molar-refractivity contribution in [2.24, 2.45) is 0 Å². The summed E-state index contributed by atoms with van der Waals surface area (Å²) >= 11 is 9.28. The van der Waals surface area contributed by atoms with Crippen molar-refractivity contribution in [1.29, 1.82) is 0 Å². The van der Waals surface area contributed by atoms with E-state index >= 15 is 0 Å². The van der Waals surface area contributed by atoms with E-state index < -0.39 is 0 Å². The molecule has 1 aromatic rings. The molecule has 0 amide bonds. The molecular weight excluding hydrogens is 299 g/mol. The Morgan fingerprint density at radius 2 is 2.07 bits per heavy atom. The summed E-state index contributed by atoms with van der Waals surface area (Å²) in [5.74, 6) is 0.480. The SMILES string of the molecule is Cl.ClCc1cc(N2CCCC2)c(Br)cn1. The lowest BCUT2D eigenvalue weighted by atomic mass is 10.3. The highest BCUT2D eigenvalue weighted by Crippen LogP contribution is 2.29. The number of hydrogen-bond acceptors (Lipinski definition) is 2. The molecule has 84 valence electrons. The minimum absolute atomic E-state index is 0. The van der Waals surface area contributed by atoms with Gasteiger partial charge in [0.2, 0.25) is 0 Å². The van der Waals surface area contributed by atoms with Crippen molar-refractivity contribution >= 4 is 45.6 Å². The molecule has 1 fully saturated rings. The van der Waals surface area contributed by atoms with E-state index in [9.17, 15) is 0 Å². The first-order valence-corrected chi connectivity index (χ1v) is 6.09. The smallest absolute Gasteiger partial charge is 0.0648 e. The first kappa shape index (κ1) is 13.1. The molecule has 1 saturated heterocycles. The lowest BCUT2D eigenvalue weighted by Gasteiger charge is -2.19. The van der Waals surface area contributed by atoms with E-state index in [0.29, 0.717) is 5.88 Å². The summed E-state index contributed by atoms with van der Waals surface area (Å²) in [6, 6.07) is 2.07. The Balaban J connectivity index is 0.00000112. The summed E-state index contributed by atoms with van der Waals surface area (Å²) in [6.07, 6.45) is 4.40. The highest BCUT2D eigenvalue weighted by molar-refractivity contribution is 9.10. The van der Waals surface area contributed by atoms with Crippen LogP contribution in [-0.2, 0) is 5.88 Å². The molecule has 1 aliphatic heterocycles. The van der Waals surface area contributed by atoms with Crippen molar-refractivity contribution in [3.63, 3.8) is 0 Å². The molecule has 1 aliphatic rings. The summed E-state index contributed by atoms with van der Waals surface area (Å²) in [5, 5.41) is 0. The van der Waals surface area contributed by atoms with Crippen LogP contribution in [0.1, 0.15) is 18.5 Å². The summed E-state index contributed by atoms with van der Waals surface area (Å²) < 4.78 is 1.06. The maximum atomic E-state index is 5.76. The fraction of sp³-hybridized carbons (Fsp3) is 0.500. The monoisotopic (exact) mass is 310 g/mol. The Morgan fingerprint density at radius 3 is 2.67 bits per heavy atom. The first-order valence-electron chi connectivity index (χ1n) is 4.76. The van der Waals surface area contributed by atoms with Gasteiger partial charge in [0.1, 0.15) is 0 Å². The maximum absolute atomic E-state index is 5.76. The molecule has 1 aromatic heterocycles. The van der Waals surface area contributed by atoms with Crippen LogP contribution >= 0.6 is 39.9 Å². The van der Waals surface area contributed by atoms with E-state index in [2.05, 4.69) is 31.9 Å². The number of halogens is 3. The fourth-order valence-electron chi connectivity index (χ4n) is 1.74. The van der Waals surface area contributed by atoms with Crippen LogP contribution in [-0.4, -0.2) is 18.1 Å². The molecule has 0 aliphatic carbocycles. The topological polar surface area (TPSA) is 16.1 Å². The van der Waals surface area contributed by atoms with Crippen molar-refractivity contribution in [2.45, 2.75) is 18.7 Å². The third-order valence-corrected chi connectivity index (χ3v) is 3.36. The molecular formula is C10H13BrCl2N2. The zero-order valence-corrected chi connectivity index (χ0v) is 11.4. The number of pyridine rings is 1. The van der Waals surface area contributed by atoms with Crippen LogP contribution in [0, 0.1) is 0 Å². The van der Waals surface area contributed by atoms with Gasteiger partial charge in [-0.1, -0.05) is 0 Å². The Bertz CT molecular complexity index is 327. The molecule has 0 atom stereocenters. The van der Waals surface area contributed by atoms with Crippen LogP contribution in [0.25, 0.3) is 0 Å². The molecule has 0 bridgehead atoms. The van der Waals surface area contributed by atoms with E-state index in [1.807, 2.05) is 6.20 Å². The highest BCUT2D eigenvalue weighted by atomic mass is 79.9. The second-order valence-electron chi connectivity index (χ2n) is 3.45. The van der Waals surface area contributed by atoms with Gasteiger partial charge in [0.25, 0.3) is 0 Å². The molecule has 0 saturated carbocycles. The molecule has 0 aromatic carbocycles. The zero-order chi connectivity index (χ0) is 9.97. The number of alkyl halides is 1. The minimum Gasteiger partial charge on any atom is -0.371 e. The molecule has 5 heteroatoms. The van der Waals surface area contributed by atoms with Crippen LogP contribution < -0.4 is 4.90 Å². The highest BCUT2D eigenvalue weighted by Gasteiger charge is 2.15. The summed E-state index contributed by atoms with van der Waals surface area (Å²) in [6.45, 7) is 2.29. The van der Waals surface area contributed by atoms with E-state index in [1.165, 1.54) is 18.5 Å². The Labute approximate surface area is 110 Å². The quantitative estimate of drug-likeness (QED) is 0.776. The van der Waals surface area contributed by atoms with E-state index in [4.69, 9.17) is 11.6 Å². The van der Waals surface area contributed by atoms with Crippen molar-refractivity contribution in [3.05, 3.63) is 22.4 Å². The normalized spacial score (nSPS) is 15.2. The number of aromatic nitrogens is 1. The fourth-order valence-corrected chi connectivity index (χ4v) is 2.36. The average molecular weight is 312 g/mol. The van der Waals surface area contributed by atoms with Gasteiger partial charge >= 0.3 is 0 Å². The van der Waals surface area contributed by atoms with Gasteiger partial charge < -0.3 is 4.90 Å². The first-order chi connectivity index (χ1) is 6.81. The molecule has 15 heavy (non-hydrogen) atoms. The van der Waals surface area contributed by atoms with Gasteiger partial charge in [-0.2, -0.15) is 0 Å². The maximum Gasteiger partial charge on any atom is 0.0648 e. The van der Waals surface area contributed by atoms with Crippen LogP contribution in [0.15, 0.2) is 16.7 Å². The number of hydrogen-bond donors (Lipinski definition) is 0. The lowest BCUT2D eigenvalue weighted by molar-refractivity contribution is 0.949. The standard InChI is InChI=1S/C10H12BrClN2.ClH/c11-9-7-13-8(6-12)5-10(9)14-3-1-2-4-14;/h5,7H,1-4,6H2;1H. The van der Waals surface area contributed by atoms with Gasteiger partial charge in [0, 0.05) is 19.3 Å². The molecule has 0 N–H and O–H groups in total. The summed E-state index contributed by atoms with van der Waals surface area (Å²) in [7, 11) is 0. The Hall–Kier alpha value is 0.01000. The number of nitrogens with zero attached hydrogens (tertiary/aromatic N) is 2. The molecule has 0 unspecified atom stereocenters. The second-order valence-corrected chi connectivity index (χ2v) is 4.58. The molecule has 2 rings (SSSR count). The van der Waals surface area contributed by atoms with Crippen LogP contribution in [0.2, 0.25) is 0 Å². The molecule has 2 nitrogen and oxygen atoms in total. The lowest BCUT2D eigenvalue weighted by Crippen LogP contribution is -2.18. The van der Waals surface area contributed by atoms with Gasteiger partial charge in [-0.25, -0.2) is 0 Å². The van der Waals surface area contributed by atoms with Crippen molar-refractivity contribution in [2.75, 3.05) is 18.0 Å². The van der Waals surface area contributed by atoms with Gasteiger partial charge in [0.05, 0.1) is 21.7 Å². The van der Waals surface area contributed by atoms with Gasteiger partial charge in [0.15, 0.2) is 0 Å². The predicted molar refractivity (Wildman–Crippen MR) is 70.2 cm³/mol. The second kappa shape index (κ2) is 5.92. The Kier molecular flexibility index (Phi) is 5.16. The van der Waals surface area contributed by atoms with E-state index in [-0.39, 0.29) is 12.4 Å². The van der Waals surface area contributed by atoms with E-state index in [0.717, 1.165) is 23.3 Å². The van der Waals surface area contributed by atoms with Crippen molar-refractivity contribution in [3.8, 4) is 0 Å². The predicted octanol–water partition coefficient (Wildman–Crippen LogP) is 3.60. The zero-order valence-electron chi connectivity index (χ0n) is 8.25. The largest absolute Gasteiger partial charge is 0.371 e. The minimum atomic E-state index is 0. The average Bonchev–Trinajstić information content (AvgIpc) is 2.71. The van der Waals surface area contributed by atoms with Crippen molar-refractivity contribution in [1.82, 2.24) is 4.98 Å². The van der Waals surface area contributed by atoms with Crippen LogP contribution in [0.4, 0.5) is 5.69 Å². The third kappa shape index (κ3) is 2.99. The summed E-state index contributed by atoms with van der Waals surface area (Å²) in [5.41, 5.74) is 2.17. The molecule has 0 radical (unpaired) electrons. The summed E-state index contributed by atoms with van der Waals surface area (Å²) in [4.78, 5) is 6.60. The van der Waals surface area contributed by atoms with Gasteiger partial charge in [-0.15, -0.1) is 24.0 Å². The van der Waals surface area contributed by atoms with E-state index in [1.54, 1.807) is 0 Å². The third-order valence-electron chi connectivity index (χ3n) is 2.48. The molecule has 0 spiro atoms. The molecule has 2 heterocycles. The van der Waals surface area contributed by atoms with Crippen molar-refractivity contribution < 1.29 is 0 Å². The number of anilines is 1. The number of rotatable bonds is 2. The van der Waals surface area contributed by atoms with Crippen LogP contribution in [0.3, 0.4) is 0 Å².